The molecule has 86 valence electrons. The molecular formula is C13H16BrNO. The van der Waals surface area contributed by atoms with Gasteiger partial charge in [0.15, 0.2) is 0 Å². The van der Waals surface area contributed by atoms with Gasteiger partial charge < -0.3 is 5.32 Å². The van der Waals surface area contributed by atoms with E-state index in [1.165, 1.54) is 12.8 Å². The zero-order valence-electron chi connectivity index (χ0n) is 9.42. The van der Waals surface area contributed by atoms with Crippen LogP contribution in [0.2, 0.25) is 0 Å². The number of carbonyl (C=O) groups excluding carboxylic acids is 1. The van der Waals surface area contributed by atoms with Gasteiger partial charge in [-0.3, -0.25) is 4.79 Å². The van der Waals surface area contributed by atoms with Crippen molar-refractivity contribution in [1.29, 1.82) is 0 Å². The van der Waals surface area contributed by atoms with E-state index < -0.39 is 0 Å². The maximum atomic E-state index is 12.0. The van der Waals surface area contributed by atoms with Crippen molar-refractivity contribution in [2.45, 2.75) is 38.1 Å². The molecule has 1 aromatic rings. The zero-order valence-corrected chi connectivity index (χ0v) is 11.0. The Morgan fingerprint density at radius 3 is 2.38 bits per heavy atom. The molecule has 1 aliphatic carbocycles. The lowest BCUT2D eigenvalue weighted by molar-refractivity contribution is 0.0908. The molecule has 1 fully saturated rings. The molecule has 0 saturated heterocycles. The number of benzene rings is 1. The Balaban J connectivity index is 2.05. The van der Waals surface area contributed by atoms with Crippen LogP contribution in [0.5, 0.6) is 0 Å². The van der Waals surface area contributed by atoms with Gasteiger partial charge in [-0.05, 0) is 44.0 Å². The van der Waals surface area contributed by atoms with Gasteiger partial charge in [0.1, 0.15) is 0 Å². The topological polar surface area (TPSA) is 29.1 Å². The van der Waals surface area contributed by atoms with Gasteiger partial charge in [0.25, 0.3) is 5.91 Å². The van der Waals surface area contributed by atoms with Crippen LogP contribution in [-0.4, -0.2) is 11.4 Å². The van der Waals surface area contributed by atoms with Gasteiger partial charge in [0, 0.05) is 15.6 Å². The fourth-order valence-corrected chi connectivity index (χ4v) is 2.49. The van der Waals surface area contributed by atoms with Gasteiger partial charge in [-0.1, -0.05) is 28.8 Å². The van der Waals surface area contributed by atoms with Crippen molar-refractivity contribution in [2.75, 3.05) is 0 Å². The second-order valence-electron chi connectivity index (χ2n) is 4.73. The summed E-state index contributed by atoms with van der Waals surface area (Å²) in [6.45, 7) is 2.14. The van der Waals surface area contributed by atoms with Crippen LogP contribution in [0.1, 0.15) is 43.0 Å². The second-order valence-corrected chi connectivity index (χ2v) is 5.64. The fourth-order valence-electron chi connectivity index (χ4n) is 2.23. The summed E-state index contributed by atoms with van der Waals surface area (Å²) in [5, 5.41) is 3.14. The first kappa shape index (κ1) is 11.6. The van der Waals surface area contributed by atoms with E-state index in [-0.39, 0.29) is 11.4 Å². The van der Waals surface area contributed by atoms with Crippen molar-refractivity contribution >= 4 is 21.8 Å². The summed E-state index contributed by atoms with van der Waals surface area (Å²) in [5.74, 6) is 0.0388. The molecule has 0 bridgehead atoms. The highest BCUT2D eigenvalue weighted by molar-refractivity contribution is 9.10. The van der Waals surface area contributed by atoms with Crippen LogP contribution >= 0.6 is 15.9 Å². The summed E-state index contributed by atoms with van der Waals surface area (Å²) in [7, 11) is 0. The third kappa shape index (κ3) is 2.64. The van der Waals surface area contributed by atoms with Crippen molar-refractivity contribution in [1.82, 2.24) is 5.32 Å². The predicted octanol–water partition coefficient (Wildman–Crippen LogP) is 3.51. The van der Waals surface area contributed by atoms with Crippen molar-refractivity contribution in [3.63, 3.8) is 0 Å². The molecule has 0 spiro atoms. The average Bonchev–Trinajstić information content (AvgIpc) is 2.65. The molecule has 0 radical (unpaired) electrons. The van der Waals surface area contributed by atoms with Crippen LogP contribution in [0.25, 0.3) is 0 Å². The van der Waals surface area contributed by atoms with E-state index in [9.17, 15) is 4.79 Å². The summed E-state index contributed by atoms with van der Waals surface area (Å²) in [6.07, 6.45) is 4.62. The number of nitrogens with one attached hydrogen (secondary N) is 1. The van der Waals surface area contributed by atoms with Crippen LogP contribution in [-0.2, 0) is 0 Å². The number of rotatable bonds is 2. The summed E-state index contributed by atoms with van der Waals surface area (Å²) in [4.78, 5) is 12.0. The molecule has 1 N–H and O–H groups in total. The molecule has 1 aliphatic rings. The number of amides is 1. The Morgan fingerprint density at radius 1 is 1.25 bits per heavy atom. The Kier molecular flexibility index (Phi) is 3.33. The van der Waals surface area contributed by atoms with E-state index >= 15 is 0 Å². The minimum atomic E-state index is 0.00412. The number of hydrogen-bond donors (Lipinski definition) is 1. The smallest absolute Gasteiger partial charge is 0.251 e. The standard InChI is InChI=1S/C13H16BrNO/c1-13(8-2-3-9-13)15-12(16)10-4-6-11(14)7-5-10/h4-7H,2-3,8-9H2,1H3,(H,15,16). The highest BCUT2D eigenvalue weighted by atomic mass is 79.9. The van der Waals surface area contributed by atoms with E-state index in [1.807, 2.05) is 24.3 Å². The normalized spacial score (nSPS) is 18.4. The van der Waals surface area contributed by atoms with Gasteiger partial charge in [0.05, 0.1) is 0 Å². The quantitative estimate of drug-likeness (QED) is 0.883. The Bertz CT molecular complexity index is 379. The van der Waals surface area contributed by atoms with E-state index in [0.29, 0.717) is 0 Å². The van der Waals surface area contributed by atoms with Crippen LogP contribution in [0.15, 0.2) is 28.7 Å². The number of hydrogen-bond acceptors (Lipinski definition) is 1. The first-order valence-electron chi connectivity index (χ1n) is 5.67. The summed E-state index contributed by atoms with van der Waals surface area (Å²) < 4.78 is 0.996. The lowest BCUT2D eigenvalue weighted by atomic mass is 10.00. The Hall–Kier alpha value is -0.830. The molecule has 0 unspecified atom stereocenters. The molecule has 2 nitrogen and oxygen atoms in total. The average molecular weight is 282 g/mol. The molecule has 16 heavy (non-hydrogen) atoms. The summed E-state index contributed by atoms with van der Waals surface area (Å²) >= 11 is 3.36. The van der Waals surface area contributed by atoms with Crippen LogP contribution in [0.3, 0.4) is 0 Å². The molecule has 0 aliphatic heterocycles. The molecule has 3 heteroatoms. The van der Waals surface area contributed by atoms with Gasteiger partial charge in [-0.2, -0.15) is 0 Å². The van der Waals surface area contributed by atoms with Gasteiger partial charge >= 0.3 is 0 Å². The SMILES string of the molecule is CC1(NC(=O)c2ccc(Br)cc2)CCCC1. The van der Waals surface area contributed by atoms with E-state index in [1.54, 1.807) is 0 Å². The maximum Gasteiger partial charge on any atom is 0.251 e. The molecule has 0 heterocycles. The maximum absolute atomic E-state index is 12.0. The van der Waals surface area contributed by atoms with E-state index in [0.717, 1.165) is 22.9 Å². The van der Waals surface area contributed by atoms with Crippen LogP contribution in [0, 0.1) is 0 Å². The van der Waals surface area contributed by atoms with Crippen molar-refractivity contribution in [3.05, 3.63) is 34.3 Å². The summed E-state index contributed by atoms with van der Waals surface area (Å²) in [6, 6.07) is 7.48. The highest BCUT2D eigenvalue weighted by Crippen LogP contribution is 2.29. The minimum Gasteiger partial charge on any atom is -0.347 e. The zero-order chi connectivity index (χ0) is 11.6. The predicted molar refractivity (Wildman–Crippen MR) is 68.5 cm³/mol. The molecule has 0 aromatic heterocycles. The second kappa shape index (κ2) is 4.58. The largest absolute Gasteiger partial charge is 0.347 e. The highest BCUT2D eigenvalue weighted by Gasteiger charge is 2.30. The fraction of sp³-hybridized carbons (Fsp3) is 0.462. The van der Waals surface area contributed by atoms with Crippen molar-refractivity contribution < 1.29 is 4.79 Å². The van der Waals surface area contributed by atoms with Gasteiger partial charge in [-0.25, -0.2) is 0 Å². The lowest BCUT2D eigenvalue weighted by Gasteiger charge is -2.25. The van der Waals surface area contributed by atoms with Crippen molar-refractivity contribution in [2.24, 2.45) is 0 Å². The number of carbonyl (C=O) groups is 1. The number of halogens is 1. The molecular weight excluding hydrogens is 266 g/mol. The van der Waals surface area contributed by atoms with Crippen molar-refractivity contribution in [3.8, 4) is 0 Å². The molecule has 0 atom stereocenters. The molecule has 2 rings (SSSR count). The monoisotopic (exact) mass is 281 g/mol. The van der Waals surface area contributed by atoms with Gasteiger partial charge in [-0.15, -0.1) is 0 Å². The van der Waals surface area contributed by atoms with E-state index in [4.69, 9.17) is 0 Å². The third-order valence-electron chi connectivity index (χ3n) is 3.23. The third-order valence-corrected chi connectivity index (χ3v) is 3.76. The van der Waals surface area contributed by atoms with Crippen LogP contribution in [0.4, 0.5) is 0 Å². The first-order chi connectivity index (χ1) is 7.59. The first-order valence-corrected chi connectivity index (χ1v) is 6.46. The Labute approximate surface area is 105 Å². The molecule has 1 amide bonds. The molecule has 1 saturated carbocycles. The minimum absolute atomic E-state index is 0.00412. The van der Waals surface area contributed by atoms with E-state index in [2.05, 4.69) is 28.2 Å². The Morgan fingerprint density at radius 2 is 1.81 bits per heavy atom. The summed E-state index contributed by atoms with van der Waals surface area (Å²) in [5.41, 5.74) is 0.737. The van der Waals surface area contributed by atoms with Crippen LogP contribution < -0.4 is 5.32 Å². The molecule has 1 aromatic carbocycles. The van der Waals surface area contributed by atoms with Gasteiger partial charge in [0.2, 0.25) is 0 Å². The lowest BCUT2D eigenvalue weighted by Crippen LogP contribution is -2.43.